The van der Waals surface area contributed by atoms with Gasteiger partial charge in [-0.05, 0) is 49.3 Å². The highest BCUT2D eigenvalue weighted by Crippen LogP contribution is 2.57. The van der Waals surface area contributed by atoms with Crippen molar-refractivity contribution in [2.45, 2.75) is 32.1 Å². The lowest BCUT2D eigenvalue weighted by atomic mass is 9.56. The molecule has 2 aliphatic rings. The molecule has 2 aliphatic carbocycles. The standard InChI is InChI=1S/C21H20ClN3O2/c1-2-27-20(26)21(12-24)18(15-9-5-6-10-17(15)22)14-8-4-3-7-13(14)16(11-23)19(21)25/h5-7,9-10,14,18H,2-4,8,25H2,1H3/t14-,18+,21-/m1/s1. The Morgan fingerprint density at radius 3 is 2.78 bits per heavy atom. The molecule has 0 fully saturated rings. The number of hydrogen-bond acceptors (Lipinski definition) is 5. The Kier molecular flexibility index (Phi) is 5.26. The van der Waals surface area contributed by atoms with Crippen LogP contribution in [0.1, 0.15) is 37.7 Å². The molecule has 3 atom stereocenters. The maximum atomic E-state index is 13.1. The number of ether oxygens (including phenoxy) is 1. The molecular weight excluding hydrogens is 362 g/mol. The Hall–Kier alpha value is -2.76. The van der Waals surface area contributed by atoms with Gasteiger partial charge in [0.2, 0.25) is 5.41 Å². The molecule has 0 heterocycles. The fourth-order valence-corrected chi connectivity index (χ4v) is 4.57. The second-order valence-electron chi connectivity index (χ2n) is 6.74. The largest absolute Gasteiger partial charge is 0.464 e. The highest BCUT2D eigenvalue weighted by molar-refractivity contribution is 6.31. The molecule has 0 aromatic heterocycles. The average molecular weight is 382 g/mol. The summed E-state index contributed by atoms with van der Waals surface area (Å²) in [5.41, 5.74) is 6.22. The molecule has 0 amide bonds. The van der Waals surface area contributed by atoms with Crippen molar-refractivity contribution in [3.8, 4) is 12.1 Å². The van der Waals surface area contributed by atoms with Gasteiger partial charge in [0, 0.05) is 10.9 Å². The summed E-state index contributed by atoms with van der Waals surface area (Å²) >= 11 is 6.47. The first-order valence-electron chi connectivity index (χ1n) is 8.96. The number of benzene rings is 1. The number of nitrogens with two attached hydrogens (primary N) is 1. The molecule has 3 rings (SSSR count). The summed E-state index contributed by atoms with van der Waals surface area (Å²) in [6.07, 6.45) is 4.47. The zero-order valence-electron chi connectivity index (χ0n) is 15.0. The van der Waals surface area contributed by atoms with Crippen molar-refractivity contribution < 1.29 is 9.53 Å². The number of carbonyl (C=O) groups excluding carboxylic acids is 1. The molecule has 1 aromatic carbocycles. The predicted molar refractivity (Wildman–Crippen MR) is 101 cm³/mol. The van der Waals surface area contributed by atoms with Crippen LogP contribution in [-0.4, -0.2) is 12.6 Å². The van der Waals surface area contributed by atoms with Gasteiger partial charge >= 0.3 is 5.97 Å². The van der Waals surface area contributed by atoms with Crippen molar-refractivity contribution in [2.24, 2.45) is 17.1 Å². The molecule has 0 saturated carbocycles. The lowest BCUT2D eigenvalue weighted by Crippen LogP contribution is -2.49. The van der Waals surface area contributed by atoms with Crippen LogP contribution in [0.2, 0.25) is 5.02 Å². The first-order valence-corrected chi connectivity index (χ1v) is 9.34. The maximum Gasteiger partial charge on any atom is 0.333 e. The third-order valence-electron chi connectivity index (χ3n) is 5.46. The summed E-state index contributed by atoms with van der Waals surface area (Å²) in [6, 6.07) is 11.4. The number of halogens is 1. The fraction of sp³-hybridized carbons (Fsp3) is 0.381. The molecule has 0 radical (unpaired) electrons. The normalized spacial score (nSPS) is 27.0. The van der Waals surface area contributed by atoms with Crippen LogP contribution in [0.5, 0.6) is 0 Å². The second-order valence-corrected chi connectivity index (χ2v) is 7.14. The fourth-order valence-electron chi connectivity index (χ4n) is 4.32. The van der Waals surface area contributed by atoms with Crippen LogP contribution in [0.4, 0.5) is 0 Å². The van der Waals surface area contributed by atoms with Crippen molar-refractivity contribution in [3.05, 3.63) is 57.8 Å². The number of rotatable bonds is 3. The lowest BCUT2D eigenvalue weighted by molar-refractivity contribution is -0.152. The van der Waals surface area contributed by atoms with Gasteiger partial charge in [-0.2, -0.15) is 10.5 Å². The molecule has 27 heavy (non-hydrogen) atoms. The first kappa shape index (κ1) is 19.0. The van der Waals surface area contributed by atoms with Crippen LogP contribution in [0.25, 0.3) is 0 Å². The van der Waals surface area contributed by atoms with Gasteiger partial charge < -0.3 is 10.5 Å². The van der Waals surface area contributed by atoms with E-state index in [1.54, 1.807) is 19.1 Å². The molecule has 138 valence electrons. The number of esters is 1. The van der Waals surface area contributed by atoms with Crippen LogP contribution >= 0.6 is 11.6 Å². The topological polar surface area (TPSA) is 99.9 Å². The minimum Gasteiger partial charge on any atom is -0.464 e. The number of nitriles is 2. The molecule has 0 unspecified atom stereocenters. The quantitative estimate of drug-likeness (QED) is 0.798. The molecule has 1 aromatic rings. The Bertz CT molecular complexity index is 922. The molecule has 0 spiro atoms. The number of hydrogen-bond donors (Lipinski definition) is 1. The number of fused-ring (bicyclic) bond motifs is 1. The zero-order valence-corrected chi connectivity index (χ0v) is 15.8. The van der Waals surface area contributed by atoms with E-state index < -0.39 is 17.3 Å². The van der Waals surface area contributed by atoms with Crippen molar-refractivity contribution in [1.82, 2.24) is 0 Å². The van der Waals surface area contributed by atoms with E-state index in [9.17, 15) is 15.3 Å². The monoisotopic (exact) mass is 381 g/mol. The first-order chi connectivity index (χ1) is 13.0. The van der Waals surface area contributed by atoms with Crippen LogP contribution < -0.4 is 5.73 Å². The van der Waals surface area contributed by atoms with E-state index in [0.29, 0.717) is 10.6 Å². The van der Waals surface area contributed by atoms with Crippen molar-refractivity contribution >= 4 is 17.6 Å². The smallest absolute Gasteiger partial charge is 0.333 e. The summed E-state index contributed by atoms with van der Waals surface area (Å²) in [5.74, 6) is -1.55. The van der Waals surface area contributed by atoms with E-state index in [1.165, 1.54) is 0 Å². The summed E-state index contributed by atoms with van der Waals surface area (Å²) in [6.45, 7) is 1.79. The van der Waals surface area contributed by atoms with Gasteiger partial charge in [-0.3, -0.25) is 0 Å². The van der Waals surface area contributed by atoms with Gasteiger partial charge in [0.05, 0.1) is 23.9 Å². The van der Waals surface area contributed by atoms with Gasteiger partial charge in [0.15, 0.2) is 0 Å². The minimum absolute atomic E-state index is 0.0414. The number of nitrogens with zero attached hydrogens (tertiary/aromatic N) is 2. The van der Waals surface area contributed by atoms with Gasteiger partial charge in [0.25, 0.3) is 0 Å². The molecule has 0 saturated heterocycles. The number of carbonyl (C=O) groups is 1. The summed E-state index contributed by atoms with van der Waals surface area (Å²) in [5, 5.41) is 20.4. The molecule has 0 bridgehead atoms. The Labute approximate surface area is 163 Å². The van der Waals surface area contributed by atoms with Crippen molar-refractivity contribution in [1.29, 1.82) is 10.5 Å². The second kappa shape index (κ2) is 7.47. The van der Waals surface area contributed by atoms with E-state index in [1.807, 2.05) is 18.2 Å². The van der Waals surface area contributed by atoms with Gasteiger partial charge in [-0.15, -0.1) is 0 Å². The molecule has 6 heteroatoms. The number of allylic oxidation sites excluding steroid dienone is 3. The predicted octanol–water partition coefficient (Wildman–Crippen LogP) is 3.97. The SMILES string of the molecule is CCOC(=O)[C@@]1(C#N)C(N)=C(C#N)C2=CCCC[C@H]2[C@H]1c1ccccc1Cl. The van der Waals surface area contributed by atoms with Crippen LogP contribution in [0, 0.1) is 34.0 Å². The van der Waals surface area contributed by atoms with Gasteiger partial charge in [-0.25, -0.2) is 4.79 Å². The molecule has 2 N–H and O–H groups in total. The third kappa shape index (κ3) is 2.80. The van der Waals surface area contributed by atoms with Crippen LogP contribution in [0.15, 0.2) is 47.2 Å². The Balaban J connectivity index is 2.38. The molecule has 5 nitrogen and oxygen atoms in total. The average Bonchev–Trinajstić information content (AvgIpc) is 2.68. The van der Waals surface area contributed by atoms with E-state index in [4.69, 9.17) is 22.1 Å². The van der Waals surface area contributed by atoms with E-state index in [2.05, 4.69) is 12.1 Å². The van der Waals surface area contributed by atoms with E-state index in [0.717, 1.165) is 24.8 Å². The lowest BCUT2D eigenvalue weighted by Gasteiger charge is -2.45. The highest BCUT2D eigenvalue weighted by atomic mass is 35.5. The van der Waals surface area contributed by atoms with Crippen LogP contribution in [-0.2, 0) is 9.53 Å². The van der Waals surface area contributed by atoms with Gasteiger partial charge in [0.1, 0.15) is 6.07 Å². The Morgan fingerprint density at radius 2 is 2.15 bits per heavy atom. The third-order valence-corrected chi connectivity index (χ3v) is 5.80. The van der Waals surface area contributed by atoms with E-state index >= 15 is 0 Å². The zero-order chi connectivity index (χ0) is 19.6. The van der Waals surface area contributed by atoms with Crippen molar-refractivity contribution in [2.75, 3.05) is 6.61 Å². The van der Waals surface area contributed by atoms with E-state index in [-0.39, 0.29) is 23.8 Å². The summed E-state index contributed by atoms with van der Waals surface area (Å²) < 4.78 is 5.26. The maximum absolute atomic E-state index is 13.1. The van der Waals surface area contributed by atoms with Crippen LogP contribution in [0.3, 0.4) is 0 Å². The molecule has 0 aliphatic heterocycles. The highest BCUT2D eigenvalue weighted by Gasteiger charge is 2.59. The summed E-state index contributed by atoms with van der Waals surface area (Å²) in [7, 11) is 0. The van der Waals surface area contributed by atoms with Gasteiger partial charge in [-0.1, -0.05) is 35.9 Å². The van der Waals surface area contributed by atoms with Crippen molar-refractivity contribution in [3.63, 3.8) is 0 Å². The summed E-state index contributed by atoms with van der Waals surface area (Å²) in [4.78, 5) is 13.1. The minimum atomic E-state index is -1.79. The molecular formula is C21H20ClN3O2. The Morgan fingerprint density at radius 1 is 1.41 bits per heavy atom.